The Morgan fingerprint density at radius 3 is 2.08 bits per heavy atom. The van der Waals surface area contributed by atoms with Gasteiger partial charge in [0.15, 0.2) is 0 Å². The number of benzene rings is 2. The number of carboxylic acid groups (broad SMARTS) is 1. The summed E-state index contributed by atoms with van der Waals surface area (Å²) in [6.07, 6.45) is 7.43. The zero-order valence-corrected chi connectivity index (χ0v) is 14.9. The number of unbranched alkanes of at least 4 members (excludes halogenated alkanes) is 4. The van der Waals surface area contributed by atoms with E-state index < -0.39 is 5.97 Å². The SMILES string of the molecule is O=C(O)/C=C/c1ccc(-c2ccc(OCCCCCCCF)cc2)cc1. The zero-order valence-electron chi connectivity index (χ0n) is 14.9. The van der Waals surface area contributed by atoms with Crippen LogP contribution in [-0.4, -0.2) is 24.4 Å². The fourth-order valence-electron chi connectivity index (χ4n) is 2.61. The first-order valence-corrected chi connectivity index (χ1v) is 8.99. The molecule has 4 heteroatoms. The van der Waals surface area contributed by atoms with Crippen molar-refractivity contribution in [2.45, 2.75) is 32.1 Å². The van der Waals surface area contributed by atoms with Crippen LogP contribution in [0.1, 0.15) is 37.7 Å². The van der Waals surface area contributed by atoms with E-state index in [2.05, 4.69) is 0 Å². The van der Waals surface area contributed by atoms with Gasteiger partial charge in [0, 0.05) is 6.08 Å². The van der Waals surface area contributed by atoms with Gasteiger partial charge in [0.1, 0.15) is 5.75 Å². The van der Waals surface area contributed by atoms with Gasteiger partial charge in [-0.1, -0.05) is 55.7 Å². The number of carboxylic acids is 1. The van der Waals surface area contributed by atoms with E-state index in [0.717, 1.165) is 54.2 Å². The molecule has 0 radical (unpaired) electrons. The monoisotopic (exact) mass is 356 g/mol. The number of hydrogen-bond acceptors (Lipinski definition) is 2. The second-order valence-electron chi connectivity index (χ2n) is 6.12. The van der Waals surface area contributed by atoms with Crippen molar-refractivity contribution in [2.24, 2.45) is 0 Å². The Balaban J connectivity index is 1.80. The van der Waals surface area contributed by atoms with Gasteiger partial charge in [-0.2, -0.15) is 0 Å². The Bertz CT molecular complexity index is 690. The fraction of sp³-hybridized carbons (Fsp3) is 0.318. The van der Waals surface area contributed by atoms with E-state index in [1.807, 2.05) is 48.5 Å². The molecule has 0 unspecified atom stereocenters. The normalized spacial score (nSPS) is 11.0. The summed E-state index contributed by atoms with van der Waals surface area (Å²) in [5, 5.41) is 8.65. The van der Waals surface area contributed by atoms with E-state index in [0.29, 0.717) is 13.0 Å². The van der Waals surface area contributed by atoms with Crippen molar-refractivity contribution in [1.82, 2.24) is 0 Å². The molecule has 2 rings (SSSR count). The van der Waals surface area contributed by atoms with Gasteiger partial charge in [-0.15, -0.1) is 0 Å². The third-order valence-corrected chi connectivity index (χ3v) is 4.06. The first-order valence-electron chi connectivity index (χ1n) is 8.99. The smallest absolute Gasteiger partial charge is 0.328 e. The molecule has 0 aliphatic carbocycles. The molecule has 0 amide bonds. The first-order chi connectivity index (χ1) is 12.7. The van der Waals surface area contributed by atoms with Gasteiger partial charge in [0.2, 0.25) is 0 Å². The second-order valence-corrected chi connectivity index (χ2v) is 6.12. The molecule has 0 fully saturated rings. The third kappa shape index (κ3) is 7.09. The van der Waals surface area contributed by atoms with E-state index in [1.54, 1.807) is 6.08 Å². The van der Waals surface area contributed by atoms with Crippen LogP contribution in [0.5, 0.6) is 5.75 Å². The lowest BCUT2D eigenvalue weighted by molar-refractivity contribution is -0.131. The van der Waals surface area contributed by atoms with E-state index >= 15 is 0 Å². The van der Waals surface area contributed by atoms with Crippen molar-refractivity contribution in [3.63, 3.8) is 0 Å². The molecule has 2 aromatic rings. The van der Waals surface area contributed by atoms with Gasteiger partial charge >= 0.3 is 5.97 Å². The topological polar surface area (TPSA) is 46.5 Å². The van der Waals surface area contributed by atoms with Crippen LogP contribution < -0.4 is 4.74 Å². The van der Waals surface area contributed by atoms with Crippen LogP contribution >= 0.6 is 0 Å². The summed E-state index contributed by atoms with van der Waals surface area (Å²) in [6, 6.07) is 15.7. The lowest BCUT2D eigenvalue weighted by Crippen LogP contribution is -1.97. The third-order valence-electron chi connectivity index (χ3n) is 4.06. The molecule has 0 aliphatic rings. The number of alkyl halides is 1. The van der Waals surface area contributed by atoms with E-state index in [-0.39, 0.29) is 6.67 Å². The molecule has 0 heterocycles. The number of halogens is 1. The van der Waals surface area contributed by atoms with Gasteiger partial charge in [-0.05, 0) is 47.7 Å². The van der Waals surface area contributed by atoms with Crippen LogP contribution in [-0.2, 0) is 4.79 Å². The summed E-state index contributed by atoms with van der Waals surface area (Å²) in [4.78, 5) is 10.5. The number of ether oxygens (including phenoxy) is 1. The molecule has 26 heavy (non-hydrogen) atoms. The summed E-state index contributed by atoms with van der Waals surface area (Å²) in [7, 11) is 0. The number of aliphatic carboxylic acids is 1. The highest BCUT2D eigenvalue weighted by atomic mass is 19.1. The van der Waals surface area contributed by atoms with Gasteiger partial charge < -0.3 is 9.84 Å². The maximum absolute atomic E-state index is 12.0. The van der Waals surface area contributed by atoms with Crippen LogP contribution in [0.2, 0.25) is 0 Å². The predicted octanol–water partition coefficient (Wildman–Crippen LogP) is 5.75. The number of carbonyl (C=O) groups is 1. The highest BCUT2D eigenvalue weighted by molar-refractivity contribution is 5.85. The molecule has 0 bridgehead atoms. The molecule has 0 saturated carbocycles. The minimum atomic E-state index is -0.954. The summed E-state index contributed by atoms with van der Waals surface area (Å²) in [5.41, 5.74) is 3.00. The largest absolute Gasteiger partial charge is 0.494 e. The second kappa shape index (κ2) is 11.1. The minimum Gasteiger partial charge on any atom is -0.494 e. The van der Waals surface area contributed by atoms with Crippen molar-refractivity contribution in [2.75, 3.05) is 13.3 Å². The number of rotatable bonds is 11. The quantitative estimate of drug-likeness (QED) is 0.412. The average Bonchev–Trinajstić information content (AvgIpc) is 2.66. The molecule has 0 aliphatic heterocycles. The summed E-state index contributed by atoms with van der Waals surface area (Å²) in [5.74, 6) is -0.108. The maximum Gasteiger partial charge on any atom is 0.328 e. The van der Waals surface area contributed by atoms with Crippen LogP contribution in [0.15, 0.2) is 54.6 Å². The molecule has 0 spiro atoms. The van der Waals surface area contributed by atoms with E-state index in [9.17, 15) is 9.18 Å². The van der Waals surface area contributed by atoms with Crippen molar-refractivity contribution in [1.29, 1.82) is 0 Å². The van der Waals surface area contributed by atoms with Crippen LogP contribution in [0.3, 0.4) is 0 Å². The Labute approximate surface area is 154 Å². The Morgan fingerprint density at radius 2 is 1.46 bits per heavy atom. The molecular weight excluding hydrogens is 331 g/mol. The Hall–Kier alpha value is -2.62. The summed E-state index contributed by atoms with van der Waals surface area (Å²) >= 11 is 0. The Kier molecular flexibility index (Phi) is 8.40. The molecule has 0 atom stereocenters. The summed E-state index contributed by atoms with van der Waals surface area (Å²) in [6.45, 7) is 0.462. The fourth-order valence-corrected chi connectivity index (χ4v) is 2.61. The standard InChI is InChI=1S/C22H25FO3/c23-16-4-2-1-3-5-17-26-21-13-11-20(12-14-21)19-9-6-18(7-10-19)8-15-22(24)25/h6-15H,1-5,16-17H2,(H,24,25)/b15-8+. The van der Waals surface area contributed by atoms with Gasteiger partial charge in [-0.25, -0.2) is 4.79 Å². The van der Waals surface area contributed by atoms with Crippen molar-refractivity contribution in [3.8, 4) is 16.9 Å². The molecule has 0 saturated heterocycles. The molecular formula is C22H25FO3. The Morgan fingerprint density at radius 1 is 0.885 bits per heavy atom. The van der Waals surface area contributed by atoms with Crippen molar-refractivity contribution >= 4 is 12.0 Å². The molecule has 0 aromatic heterocycles. The molecule has 3 nitrogen and oxygen atoms in total. The lowest BCUT2D eigenvalue weighted by Gasteiger charge is -2.08. The van der Waals surface area contributed by atoms with Gasteiger partial charge in [0.05, 0.1) is 13.3 Å². The molecule has 1 N–H and O–H groups in total. The van der Waals surface area contributed by atoms with Crippen LogP contribution in [0.25, 0.3) is 17.2 Å². The van der Waals surface area contributed by atoms with Crippen LogP contribution in [0.4, 0.5) is 4.39 Å². The minimum absolute atomic E-state index is 0.218. The van der Waals surface area contributed by atoms with Crippen molar-refractivity contribution in [3.05, 3.63) is 60.2 Å². The van der Waals surface area contributed by atoms with Gasteiger partial charge in [-0.3, -0.25) is 4.39 Å². The highest BCUT2D eigenvalue weighted by Gasteiger charge is 2.00. The van der Waals surface area contributed by atoms with Gasteiger partial charge in [0.25, 0.3) is 0 Å². The average molecular weight is 356 g/mol. The zero-order chi connectivity index (χ0) is 18.6. The van der Waals surface area contributed by atoms with Crippen LogP contribution in [0, 0.1) is 0 Å². The van der Waals surface area contributed by atoms with Crippen molar-refractivity contribution < 1.29 is 19.0 Å². The molecule has 138 valence electrons. The first kappa shape index (κ1) is 19.7. The lowest BCUT2D eigenvalue weighted by atomic mass is 10.0. The maximum atomic E-state index is 12.0. The number of hydrogen-bond donors (Lipinski definition) is 1. The highest BCUT2D eigenvalue weighted by Crippen LogP contribution is 2.23. The van der Waals surface area contributed by atoms with E-state index in [4.69, 9.17) is 9.84 Å². The molecule has 2 aromatic carbocycles. The summed E-state index contributed by atoms with van der Waals surface area (Å²) < 4.78 is 17.7. The van der Waals surface area contributed by atoms with E-state index in [1.165, 1.54) is 0 Å². The predicted molar refractivity (Wildman–Crippen MR) is 103 cm³/mol.